The number of hydrogen-bond donors (Lipinski definition) is 0. The highest BCUT2D eigenvalue weighted by Crippen LogP contribution is 2.33. The van der Waals surface area contributed by atoms with Gasteiger partial charge in [-0.25, -0.2) is 0 Å². The van der Waals surface area contributed by atoms with Gasteiger partial charge in [-0.15, -0.1) is 0 Å². The standard InChI is InChI=1S/C12H18O4/c1-4-5-8-7(2)11(12(15)16-3)10(14)6-9(8)13/h7-8,11H,4-6H2,1-3H3. The second-order valence-corrected chi connectivity index (χ2v) is 4.36. The summed E-state index contributed by atoms with van der Waals surface area (Å²) in [7, 11) is 1.27. The quantitative estimate of drug-likeness (QED) is 0.538. The van der Waals surface area contributed by atoms with E-state index in [4.69, 9.17) is 0 Å². The number of hydrogen-bond acceptors (Lipinski definition) is 4. The van der Waals surface area contributed by atoms with Crippen LogP contribution in [0.3, 0.4) is 0 Å². The molecule has 1 saturated carbocycles. The van der Waals surface area contributed by atoms with Gasteiger partial charge in [0.2, 0.25) is 0 Å². The van der Waals surface area contributed by atoms with Gasteiger partial charge in [0.1, 0.15) is 11.7 Å². The van der Waals surface area contributed by atoms with Gasteiger partial charge < -0.3 is 4.74 Å². The zero-order valence-electron chi connectivity index (χ0n) is 9.99. The number of esters is 1. The molecule has 90 valence electrons. The van der Waals surface area contributed by atoms with Crippen LogP contribution in [0.2, 0.25) is 0 Å². The molecule has 1 aliphatic carbocycles. The van der Waals surface area contributed by atoms with Crippen molar-refractivity contribution in [3.63, 3.8) is 0 Å². The average Bonchev–Trinajstić information content (AvgIpc) is 2.23. The molecular weight excluding hydrogens is 208 g/mol. The van der Waals surface area contributed by atoms with Crippen LogP contribution in [-0.2, 0) is 19.1 Å². The van der Waals surface area contributed by atoms with E-state index in [0.717, 1.165) is 12.8 Å². The topological polar surface area (TPSA) is 60.4 Å². The van der Waals surface area contributed by atoms with E-state index in [1.165, 1.54) is 7.11 Å². The lowest BCUT2D eigenvalue weighted by Crippen LogP contribution is -2.43. The van der Waals surface area contributed by atoms with Crippen molar-refractivity contribution in [3.05, 3.63) is 0 Å². The maximum atomic E-state index is 11.7. The van der Waals surface area contributed by atoms with Gasteiger partial charge in [0.15, 0.2) is 5.78 Å². The predicted molar refractivity (Wildman–Crippen MR) is 57.7 cm³/mol. The molecule has 0 saturated heterocycles. The van der Waals surface area contributed by atoms with Crippen LogP contribution >= 0.6 is 0 Å². The maximum absolute atomic E-state index is 11.7. The molecule has 0 bridgehead atoms. The van der Waals surface area contributed by atoms with Crippen LogP contribution in [0, 0.1) is 17.8 Å². The summed E-state index contributed by atoms with van der Waals surface area (Å²) < 4.78 is 4.62. The zero-order valence-corrected chi connectivity index (χ0v) is 9.99. The van der Waals surface area contributed by atoms with E-state index in [9.17, 15) is 14.4 Å². The Labute approximate surface area is 95.3 Å². The summed E-state index contributed by atoms with van der Waals surface area (Å²) in [5.74, 6) is -1.99. The fraction of sp³-hybridized carbons (Fsp3) is 0.750. The maximum Gasteiger partial charge on any atom is 0.316 e. The Morgan fingerprint density at radius 3 is 2.50 bits per heavy atom. The van der Waals surface area contributed by atoms with Crippen molar-refractivity contribution < 1.29 is 19.1 Å². The Hall–Kier alpha value is -1.19. The average molecular weight is 226 g/mol. The number of methoxy groups -OCH3 is 1. The highest BCUT2D eigenvalue weighted by Gasteiger charge is 2.44. The number of Topliss-reactive ketones (excluding diaryl/α,β-unsaturated/α-hetero) is 2. The van der Waals surface area contributed by atoms with Crippen LogP contribution in [0.4, 0.5) is 0 Å². The largest absolute Gasteiger partial charge is 0.468 e. The van der Waals surface area contributed by atoms with E-state index >= 15 is 0 Å². The van der Waals surface area contributed by atoms with Crippen LogP contribution in [-0.4, -0.2) is 24.6 Å². The number of rotatable bonds is 3. The minimum atomic E-state index is -0.751. The van der Waals surface area contributed by atoms with Gasteiger partial charge in [0.05, 0.1) is 13.5 Å². The molecule has 0 aromatic rings. The van der Waals surface area contributed by atoms with Crippen molar-refractivity contribution in [2.45, 2.75) is 33.1 Å². The molecule has 3 unspecified atom stereocenters. The van der Waals surface area contributed by atoms with E-state index < -0.39 is 11.9 Å². The SMILES string of the molecule is CCCC1C(=O)CC(=O)C(C(=O)OC)C1C. The Balaban J connectivity index is 2.89. The third-order valence-electron chi connectivity index (χ3n) is 3.32. The first-order valence-electron chi connectivity index (χ1n) is 5.66. The molecule has 0 aromatic carbocycles. The van der Waals surface area contributed by atoms with E-state index in [0.29, 0.717) is 0 Å². The number of carbonyl (C=O) groups excluding carboxylic acids is 3. The van der Waals surface area contributed by atoms with E-state index in [1.807, 2.05) is 6.92 Å². The molecule has 3 atom stereocenters. The van der Waals surface area contributed by atoms with Gasteiger partial charge in [-0.2, -0.15) is 0 Å². The molecule has 0 heterocycles. The van der Waals surface area contributed by atoms with Crippen molar-refractivity contribution in [3.8, 4) is 0 Å². The summed E-state index contributed by atoms with van der Waals surface area (Å²) >= 11 is 0. The van der Waals surface area contributed by atoms with Gasteiger partial charge in [-0.1, -0.05) is 20.3 Å². The first-order valence-corrected chi connectivity index (χ1v) is 5.66. The van der Waals surface area contributed by atoms with Crippen LogP contribution < -0.4 is 0 Å². The molecule has 0 aliphatic heterocycles. The second kappa shape index (κ2) is 5.23. The molecule has 1 rings (SSSR count). The van der Waals surface area contributed by atoms with Crippen molar-refractivity contribution in [1.82, 2.24) is 0 Å². The summed E-state index contributed by atoms with van der Waals surface area (Å²) in [5, 5.41) is 0. The lowest BCUT2D eigenvalue weighted by Gasteiger charge is -2.32. The minimum Gasteiger partial charge on any atom is -0.468 e. The zero-order chi connectivity index (χ0) is 12.3. The van der Waals surface area contributed by atoms with Crippen LogP contribution in [0.25, 0.3) is 0 Å². The predicted octanol–water partition coefficient (Wildman–Crippen LogP) is 1.37. The number of carbonyl (C=O) groups is 3. The summed E-state index contributed by atoms with van der Waals surface area (Å²) in [5.41, 5.74) is 0. The lowest BCUT2D eigenvalue weighted by molar-refractivity contribution is -0.156. The molecular formula is C12H18O4. The summed E-state index contributed by atoms with van der Waals surface area (Å²) in [6.07, 6.45) is 1.50. The highest BCUT2D eigenvalue weighted by molar-refractivity contribution is 6.11. The molecule has 16 heavy (non-hydrogen) atoms. The van der Waals surface area contributed by atoms with Crippen molar-refractivity contribution in [2.24, 2.45) is 17.8 Å². The van der Waals surface area contributed by atoms with Crippen LogP contribution in [0.15, 0.2) is 0 Å². The lowest BCUT2D eigenvalue weighted by atomic mass is 9.70. The molecule has 0 spiro atoms. The van der Waals surface area contributed by atoms with Gasteiger partial charge >= 0.3 is 5.97 Å². The van der Waals surface area contributed by atoms with E-state index in [2.05, 4.69) is 4.74 Å². The van der Waals surface area contributed by atoms with Gasteiger partial charge in [-0.3, -0.25) is 14.4 Å². The van der Waals surface area contributed by atoms with Crippen molar-refractivity contribution in [2.75, 3.05) is 7.11 Å². The third-order valence-corrected chi connectivity index (χ3v) is 3.32. The smallest absolute Gasteiger partial charge is 0.316 e. The summed E-state index contributed by atoms with van der Waals surface area (Å²) in [6.45, 7) is 3.78. The molecule has 4 heteroatoms. The third kappa shape index (κ3) is 2.31. The van der Waals surface area contributed by atoms with E-state index in [1.54, 1.807) is 6.92 Å². The summed E-state index contributed by atoms with van der Waals surface area (Å²) in [4.78, 5) is 34.8. The van der Waals surface area contributed by atoms with Gasteiger partial charge in [0.25, 0.3) is 0 Å². The first-order chi connectivity index (χ1) is 7.52. The van der Waals surface area contributed by atoms with Crippen molar-refractivity contribution in [1.29, 1.82) is 0 Å². The van der Waals surface area contributed by atoms with Crippen molar-refractivity contribution >= 4 is 17.5 Å². The normalized spacial score (nSPS) is 30.3. The second-order valence-electron chi connectivity index (χ2n) is 4.36. The molecule has 0 aromatic heterocycles. The fourth-order valence-corrected chi connectivity index (χ4v) is 2.44. The molecule has 0 N–H and O–H groups in total. The first kappa shape index (κ1) is 12.9. The Bertz CT molecular complexity index is 306. The molecule has 1 aliphatic rings. The summed E-state index contributed by atoms with van der Waals surface area (Å²) in [6, 6.07) is 0. The Kier molecular flexibility index (Phi) is 4.21. The molecule has 4 nitrogen and oxygen atoms in total. The van der Waals surface area contributed by atoms with Crippen LogP contribution in [0.1, 0.15) is 33.1 Å². The monoisotopic (exact) mass is 226 g/mol. The fourth-order valence-electron chi connectivity index (χ4n) is 2.44. The van der Waals surface area contributed by atoms with Gasteiger partial charge in [0, 0.05) is 5.92 Å². The molecule has 0 amide bonds. The number of ketones is 2. The van der Waals surface area contributed by atoms with Gasteiger partial charge in [-0.05, 0) is 12.3 Å². The minimum absolute atomic E-state index is 0.0282. The van der Waals surface area contributed by atoms with E-state index in [-0.39, 0.29) is 29.8 Å². The Morgan fingerprint density at radius 2 is 2.00 bits per heavy atom. The van der Waals surface area contributed by atoms with Crippen LogP contribution in [0.5, 0.6) is 0 Å². The highest BCUT2D eigenvalue weighted by atomic mass is 16.5. The number of ether oxygens (including phenoxy) is 1. The Morgan fingerprint density at radius 1 is 1.38 bits per heavy atom. The molecule has 0 radical (unpaired) electrons. The molecule has 1 fully saturated rings.